The summed E-state index contributed by atoms with van der Waals surface area (Å²) in [6.45, 7) is 2.33. The van der Waals surface area contributed by atoms with E-state index in [1.165, 1.54) is 13.2 Å². The van der Waals surface area contributed by atoms with Gasteiger partial charge in [0.25, 0.3) is 0 Å². The van der Waals surface area contributed by atoms with E-state index in [4.69, 9.17) is 4.74 Å². The lowest BCUT2D eigenvalue weighted by Crippen LogP contribution is -2.46. The third-order valence-electron chi connectivity index (χ3n) is 3.77. The minimum Gasteiger partial charge on any atom is -0.503 e. The number of piperazine rings is 1. The Balaban J connectivity index is 0.00000288. The third kappa shape index (κ3) is 5.14. The van der Waals surface area contributed by atoms with Gasteiger partial charge in [0.15, 0.2) is 11.5 Å². The number of halogens is 6. The molecule has 0 unspecified atom stereocenters. The molecule has 4 nitrogen and oxygen atoms in total. The summed E-state index contributed by atoms with van der Waals surface area (Å²) in [6, 6.07) is 0.611. The highest BCUT2D eigenvalue weighted by Crippen LogP contribution is 2.46. The molecule has 1 atom stereocenters. The summed E-state index contributed by atoms with van der Waals surface area (Å²) in [5.74, 6) is -0.00780. The predicted octanol–water partition coefficient (Wildman–Crippen LogP) is 4.25. The van der Waals surface area contributed by atoms with Crippen molar-refractivity contribution in [1.29, 1.82) is 0 Å². The Morgan fingerprint density at radius 2 is 1.88 bits per heavy atom. The van der Waals surface area contributed by atoms with E-state index < -0.39 is 18.6 Å². The lowest BCUT2D eigenvalue weighted by Gasteiger charge is -2.36. The van der Waals surface area contributed by atoms with Crippen LogP contribution in [0.15, 0.2) is 15.0 Å². The lowest BCUT2D eigenvalue weighted by molar-refractivity contribution is -0.148. The first-order chi connectivity index (χ1) is 10.7. The molecule has 1 heterocycles. The number of nitrogens with one attached hydrogen (secondary N) is 1. The number of benzene rings is 1. The highest BCUT2D eigenvalue weighted by atomic mass is 79.9. The fourth-order valence-corrected chi connectivity index (χ4v) is 3.65. The second kappa shape index (κ2) is 8.93. The molecular weight excluding hydrogens is 480 g/mol. The molecule has 1 aliphatic heterocycles. The largest absolute Gasteiger partial charge is 0.503 e. The van der Waals surface area contributed by atoms with Gasteiger partial charge >= 0.3 is 6.18 Å². The molecule has 10 heteroatoms. The zero-order chi connectivity index (χ0) is 17.2. The number of phenolic OH excluding ortho intramolecular Hbond substituents is 1. The van der Waals surface area contributed by atoms with Gasteiger partial charge in [0.05, 0.1) is 18.0 Å². The summed E-state index contributed by atoms with van der Waals surface area (Å²) in [6.07, 6.45) is -5.27. The topological polar surface area (TPSA) is 44.7 Å². The Hall–Kier alpha value is -0.220. The van der Waals surface area contributed by atoms with Gasteiger partial charge in [-0.1, -0.05) is 0 Å². The number of phenols is 1. The van der Waals surface area contributed by atoms with Crippen molar-refractivity contribution in [2.75, 3.05) is 33.3 Å². The molecule has 0 saturated carbocycles. The van der Waals surface area contributed by atoms with Gasteiger partial charge in [0, 0.05) is 36.7 Å². The van der Waals surface area contributed by atoms with Gasteiger partial charge in [-0.3, -0.25) is 4.90 Å². The van der Waals surface area contributed by atoms with Gasteiger partial charge in [-0.2, -0.15) is 13.2 Å². The minimum absolute atomic E-state index is 0. The second-order valence-electron chi connectivity index (χ2n) is 5.27. The van der Waals surface area contributed by atoms with Crippen LogP contribution in [-0.2, 0) is 0 Å². The lowest BCUT2D eigenvalue weighted by atomic mass is 10.00. The van der Waals surface area contributed by atoms with Gasteiger partial charge in [0.2, 0.25) is 0 Å². The van der Waals surface area contributed by atoms with E-state index >= 15 is 0 Å². The normalized spacial score (nSPS) is 17.2. The van der Waals surface area contributed by atoms with Crippen molar-refractivity contribution in [3.05, 3.63) is 20.6 Å². The molecule has 0 aliphatic carbocycles. The molecule has 1 aromatic rings. The second-order valence-corrected chi connectivity index (χ2v) is 6.85. The van der Waals surface area contributed by atoms with Gasteiger partial charge in [0.1, 0.15) is 0 Å². The Bertz CT molecular complexity index is 570. The molecule has 1 aromatic carbocycles. The van der Waals surface area contributed by atoms with E-state index in [1.54, 1.807) is 4.90 Å². The van der Waals surface area contributed by atoms with E-state index in [0.717, 1.165) is 0 Å². The average Bonchev–Trinajstić information content (AvgIpc) is 2.51. The van der Waals surface area contributed by atoms with Crippen LogP contribution in [0.3, 0.4) is 0 Å². The standard InChI is InChI=1S/C14H17Br2F3N2O2.ClH/c1-23-10-6-8(11(15)12(16)13(10)22)9(7-14(17,18)19)21-4-2-20-3-5-21;/h6,9,20,22H,2-5,7H2,1H3;1H/t9-;/m0./s1. The van der Waals surface area contributed by atoms with Crippen LogP contribution in [-0.4, -0.2) is 49.5 Å². The summed E-state index contributed by atoms with van der Waals surface area (Å²) in [5.41, 5.74) is 0.436. The van der Waals surface area contributed by atoms with Crippen molar-refractivity contribution in [3.63, 3.8) is 0 Å². The number of hydrogen-bond donors (Lipinski definition) is 2. The number of hydrogen-bond acceptors (Lipinski definition) is 4. The number of rotatable bonds is 4. The summed E-state index contributed by atoms with van der Waals surface area (Å²) in [5, 5.41) is 13.1. The average molecular weight is 499 g/mol. The highest BCUT2D eigenvalue weighted by Gasteiger charge is 2.37. The zero-order valence-electron chi connectivity index (χ0n) is 12.8. The molecule has 0 radical (unpaired) electrons. The van der Waals surface area contributed by atoms with Crippen molar-refractivity contribution in [2.24, 2.45) is 0 Å². The number of nitrogens with zero attached hydrogens (tertiary/aromatic N) is 1. The number of ether oxygens (including phenoxy) is 1. The maximum atomic E-state index is 13.1. The molecule has 0 bridgehead atoms. The van der Waals surface area contributed by atoms with Crippen LogP contribution in [0, 0.1) is 0 Å². The van der Waals surface area contributed by atoms with Crippen LogP contribution in [0.2, 0.25) is 0 Å². The smallest absolute Gasteiger partial charge is 0.390 e. The molecule has 2 N–H and O–H groups in total. The van der Waals surface area contributed by atoms with E-state index in [0.29, 0.717) is 36.2 Å². The zero-order valence-corrected chi connectivity index (χ0v) is 16.8. The van der Waals surface area contributed by atoms with Crippen molar-refractivity contribution >= 4 is 44.3 Å². The molecule has 1 aliphatic rings. The predicted molar refractivity (Wildman–Crippen MR) is 95.2 cm³/mol. The first-order valence-electron chi connectivity index (χ1n) is 7.01. The Kier molecular flexibility index (Phi) is 8.12. The SMILES string of the molecule is COc1cc([C@H](CC(F)(F)F)N2CCNCC2)c(Br)c(Br)c1O.Cl. The number of methoxy groups -OCH3 is 1. The van der Waals surface area contributed by atoms with Crippen LogP contribution in [0.1, 0.15) is 18.0 Å². The van der Waals surface area contributed by atoms with Crippen molar-refractivity contribution < 1.29 is 23.0 Å². The number of alkyl halides is 3. The molecule has 0 spiro atoms. The van der Waals surface area contributed by atoms with Crippen molar-refractivity contribution in [2.45, 2.75) is 18.6 Å². The van der Waals surface area contributed by atoms with Crippen molar-refractivity contribution in [1.82, 2.24) is 10.2 Å². The maximum absolute atomic E-state index is 13.1. The van der Waals surface area contributed by atoms with Crippen LogP contribution in [0.25, 0.3) is 0 Å². The van der Waals surface area contributed by atoms with Gasteiger partial charge in [-0.25, -0.2) is 0 Å². The van der Waals surface area contributed by atoms with Crippen LogP contribution < -0.4 is 10.1 Å². The van der Waals surface area contributed by atoms with Gasteiger partial charge in [-0.15, -0.1) is 12.4 Å². The van der Waals surface area contributed by atoms with Gasteiger partial charge in [-0.05, 0) is 43.5 Å². The molecule has 0 aromatic heterocycles. The van der Waals surface area contributed by atoms with E-state index in [2.05, 4.69) is 37.2 Å². The summed E-state index contributed by atoms with van der Waals surface area (Å²) >= 11 is 6.50. The maximum Gasteiger partial charge on any atom is 0.390 e. The summed E-state index contributed by atoms with van der Waals surface area (Å²) < 4.78 is 45.0. The molecule has 138 valence electrons. The molecule has 1 saturated heterocycles. The molecule has 0 amide bonds. The molecular formula is C14H18Br2ClF3N2O2. The third-order valence-corrected chi connectivity index (χ3v) is 5.93. The Morgan fingerprint density at radius 3 is 2.38 bits per heavy atom. The van der Waals surface area contributed by atoms with E-state index in [1.807, 2.05) is 0 Å². The highest BCUT2D eigenvalue weighted by molar-refractivity contribution is 9.13. The minimum atomic E-state index is -4.30. The monoisotopic (exact) mass is 496 g/mol. The van der Waals surface area contributed by atoms with Crippen molar-refractivity contribution in [3.8, 4) is 11.5 Å². The fraction of sp³-hybridized carbons (Fsp3) is 0.571. The Labute approximate surface area is 161 Å². The van der Waals surface area contributed by atoms with Crippen LogP contribution in [0.5, 0.6) is 11.5 Å². The van der Waals surface area contributed by atoms with E-state index in [9.17, 15) is 18.3 Å². The van der Waals surface area contributed by atoms with Crippen LogP contribution >= 0.6 is 44.3 Å². The quantitative estimate of drug-likeness (QED) is 0.652. The van der Waals surface area contributed by atoms with Gasteiger partial charge < -0.3 is 15.2 Å². The number of aromatic hydroxyl groups is 1. The fourth-order valence-electron chi connectivity index (χ4n) is 2.66. The molecule has 1 fully saturated rings. The summed E-state index contributed by atoms with van der Waals surface area (Å²) in [4.78, 5) is 1.80. The van der Waals surface area contributed by atoms with Crippen LogP contribution in [0.4, 0.5) is 13.2 Å². The summed E-state index contributed by atoms with van der Waals surface area (Å²) in [7, 11) is 1.36. The first kappa shape index (κ1) is 21.8. The first-order valence-corrected chi connectivity index (χ1v) is 8.59. The molecule has 2 rings (SSSR count). The van der Waals surface area contributed by atoms with E-state index in [-0.39, 0.29) is 28.4 Å². The molecule has 24 heavy (non-hydrogen) atoms. The Morgan fingerprint density at radius 1 is 1.29 bits per heavy atom.